The molecule has 0 aromatic carbocycles. The number of nitrogens with zero attached hydrogens (tertiary/aromatic N) is 4. The maximum atomic E-state index is 13.6. The maximum absolute atomic E-state index is 13.6. The fourth-order valence-electron chi connectivity index (χ4n) is 4.24. The third-order valence-electron chi connectivity index (χ3n) is 6.12. The van der Waals surface area contributed by atoms with E-state index < -0.39 is 5.82 Å². The molecule has 6 nitrogen and oxygen atoms in total. The van der Waals surface area contributed by atoms with Gasteiger partial charge in [0, 0.05) is 31.4 Å². The van der Waals surface area contributed by atoms with Gasteiger partial charge in [0.1, 0.15) is 5.82 Å². The van der Waals surface area contributed by atoms with Crippen molar-refractivity contribution in [2.75, 3.05) is 19.6 Å². The summed E-state index contributed by atoms with van der Waals surface area (Å²) in [5, 5.41) is 9.70. The largest absolute Gasteiger partial charge is 0.390 e. The molecule has 0 atom stereocenters. The molecule has 32 heavy (non-hydrogen) atoms. The van der Waals surface area contributed by atoms with E-state index in [0.717, 1.165) is 50.9 Å². The van der Waals surface area contributed by atoms with Crippen molar-refractivity contribution in [2.24, 2.45) is 5.92 Å². The zero-order valence-electron chi connectivity index (χ0n) is 17.7. The highest BCUT2D eigenvalue weighted by Gasteiger charge is 2.19. The SMILES string of the molecule is Cl.O=c1ccc2ncc(F)cc2n1CCN1CCC(CCc2cnc(CO)c(Cl)c2)CC1. The van der Waals surface area contributed by atoms with Gasteiger partial charge in [0.15, 0.2) is 0 Å². The van der Waals surface area contributed by atoms with Gasteiger partial charge in [-0.15, -0.1) is 12.4 Å². The first kappa shape index (κ1) is 24.6. The lowest BCUT2D eigenvalue weighted by Crippen LogP contribution is -2.37. The van der Waals surface area contributed by atoms with Gasteiger partial charge in [0.2, 0.25) is 0 Å². The van der Waals surface area contributed by atoms with Crippen molar-refractivity contribution in [1.29, 1.82) is 0 Å². The summed E-state index contributed by atoms with van der Waals surface area (Å²) in [4.78, 5) is 23.0. The summed E-state index contributed by atoms with van der Waals surface area (Å²) in [5.74, 6) is 0.210. The van der Waals surface area contributed by atoms with E-state index in [1.807, 2.05) is 6.07 Å². The van der Waals surface area contributed by atoms with E-state index in [9.17, 15) is 14.3 Å². The summed E-state index contributed by atoms with van der Waals surface area (Å²) in [6.07, 6.45) is 7.19. The highest BCUT2D eigenvalue weighted by Crippen LogP contribution is 2.24. The van der Waals surface area contributed by atoms with E-state index >= 15 is 0 Å². The van der Waals surface area contributed by atoms with Crippen LogP contribution in [-0.4, -0.2) is 44.2 Å². The molecule has 1 fully saturated rings. The zero-order chi connectivity index (χ0) is 21.8. The summed E-state index contributed by atoms with van der Waals surface area (Å²) in [6, 6.07) is 6.41. The number of fused-ring (bicyclic) bond motifs is 1. The molecular formula is C23H27Cl2FN4O2. The van der Waals surface area contributed by atoms with Crippen LogP contribution < -0.4 is 5.56 Å². The molecule has 0 spiro atoms. The molecule has 0 radical (unpaired) electrons. The summed E-state index contributed by atoms with van der Waals surface area (Å²) < 4.78 is 15.2. The lowest BCUT2D eigenvalue weighted by molar-refractivity contribution is 0.174. The van der Waals surface area contributed by atoms with Crippen LogP contribution in [0.2, 0.25) is 5.02 Å². The first-order valence-corrected chi connectivity index (χ1v) is 11.0. The number of aliphatic hydroxyl groups is 1. The van der Waals surface area contributed by atoms with Crippen LogP contribution in [0.3, 0.4) is 0 Å². The minimum atomic E-state index is -0.435. The van der Waals surface area contributed by atoms with Crippen LogP contribution in [0.15, 0.2) is 41.5 Å². The van der Waals surface area contributed by atoms with Gasteiger partial charge in [-0.05, 0) is 62.4 Å². The third kappa shape index (κ3) is 5.84. The van der Waals surface area contributed by atoms with Crippen molar-refractivity contribution >= 4 is 35.0 Å². The Labute approximate surface area is 197 Å². The van der Waals surface area contributed by atoms with Crippen LogP contribution in [0.25, 0.3) is 11.0 Å². The topological polar surface area (TPSA) is 71.2 Å². The number of pyridine rings is 3. The number of hydrogen-bond acceptors (Lipinski definition) is 5. The van der Waals surface area contributed by atoms with E-state index in [1.165, 1.54) is 18.3 Å². The molecule has 1 aliphatic rings. The van der Waals surface area contributed by atoms with Crippen LogP contribution in [0.5, 0.6) is 0 Å². The van der Waals surface area contributed by atoms with Crippen molar-refractivity contribution in [2.45, 2.75) is 38.8 Å². The number of rotatable bonds is 7. The van der Waals surface area contributed by atoms with Gasteiger partial charge in [0.05, 0.1) is 34.6 Å². The van der Waals surface area contributed by atoms with Gasteiger partial charge in [-0.3, -0.25) is 14.8 Å². The lowest BCUT2D eigenvalue weighted by Gasteiger charge is -2.32. The smallest absolute Gasteiger partial charge is 0.251 e. The highest BCUT2D eigenvalue weighted by atomic mass is 35.5. The standard InChI is InChI=1S/C23H26ClFN4O2.ClH/c24-19-11-17(13-26-21(19)15-30)2-1-16-5-7-28(8-6-16)9-10-29-22-12-18(25)14-27-20(22)3-4-23(29)31;/h3-4,11-14,16,30H,1-2,5-10,15H2;1H. The van der Waals surface area contributed by atoms with Gasteiger partial charge >= 0.3 is 0 Å². The van der Waals surface area contributed by atoms with Crippen LogP contribution in [-0.2, 0) is 19.6 Å². The van der Waals surface area contributed by atoms with E-state index in [0.29, 0.717) is 34.2 Å². The molecule has 1 saturated heterocycles. The van der Waals surface area contributed by atoms with E-state index in [-0.39, 0.29) is 24.6 Å². The highest BCUT2D eigenvalue weighted by molar-refractivity contribution is 6.31. The van der Waals surface area contributed by atoms with Crippen LogP contribution in [0, 0.1) is 11.7 Å². The van der Waals surface area contributed by atoms with Crippen molar-refractivity contribution in [3.8, 4) is 0 Å². The quantitative estimate of drug-likeness (QED) is 0.556. The molecule has 4 rings (SSSR count). The molecule has 172 valence electrons. The molecule has 1 N–H and O–H groups in total. The van der Waals surface area contributed by atoms with E-state index in [4.69, 9.17) is 11.6 Å². The molecule has 3 aromatic rings. The average Bonchev–Trinajstić information content (AvgIpc) is 2.78. The molecule has 0 amide bonds. The van der Waals surface area contributed by atoms with Gasteiger partial charge < -0.3 is 14.6 Å². The Bertz CT molecular complexity index is 1120. The Morgan fingerprint density at radius 2 is 1.91 bits per heavy atom. The summed E-state index contributed by atoms with van der Waals surface area (Å²) in [6.45, 7) is 3.10. The molecular weight excluding hydrogens is 454 g/mol. The number of aliphatic hydroxyl groups excluding tert-OH is 1. The number of piperidine rings is 1. The van der Waals surface area contributed by atoms with Gasteiger partial charge in [-0.25, -0.2) is 4.39 Å². The first-order chi connectivity index (χ1) is 15.0. The van der Waals surface area contributed by atoms with Gasteiger partial charge in [-0.2, -0.15) is 0 Å². The average molecular weight is 481 g/mol. The summed E-state index contributed by atoms with van der Waals surface area (Å²) in [7, 11) is 0. The first-order valence-electron chi connectivity index (χ1n) is 10.6. The van der Waals surface area contributed by atoms with Gasteiger partial charge in [0.25, 0.3) is 5.56 Å². The minimum Gasteiger partial charge on any atom is -0.390 e. The van der Waals surface area contributed by atoms with E-state index in [1.54, 1.807) is 16.8 Å². The molecule has 3 aromatic heterocycles. The van der Waals surface area contributed by atoms with Gasteiger partial charge in [-0.1, -0.05) is 11.6 Å². The van der Waals surface area contributed by atoms with E-state index in [2.05, 4.69) is 14.9 Å². The fraction of sp³-hybridized carbons (Fsp3) is 0.435. The Balaban J connectivity index is 0.00000289. The van der Waals surface area contributed by atoms with Crippen molar-refractivity contribution < 1.29 is 9.50 Å². The Hall–Kier alpha value is -2.06. The maximum Gasteiger partial charge on any atom is 0.251 e. The summed E-state index contributed by atoms with van der Waals surface area (Å²) in [5.41, 5.74) is 2.65. The van der Waals surface area contributed by atoms with Crippen LogP contribution in [0.4, 0.5) is 4.39 Å². The lowest BCUT2D eigenvalue weighted by atomic mass is 9.91. The van der Waals surface area contributed by atoms with Crippen LogP contribution in [0.1, 0.15) is 30.5 Å². The second kappa shape index (κ2) is 11.2. The molecule has 0 bridgehead atoms. The Kier molecular flexibility index (Phi) is 8.59. The molecule has 0 saturated carbocycles. The Morgan fingerprint density at radius 3 is 2.62 bits per heavy atom. The zero-order valence-corrected chi connectivity index (χ0v) is 19.3. The second-order valence-electron chi connectivity index (χ2n) is 8.13. The number of aromatic nitrogens is 3. The summed E-state index contributed by atoms with van der Waals surface area (Å²) >= 11 is 6.13. The number of likely N-dealkylation sites (tertiary alicyclic amines) is 1. The fourth-order valence-corrected chi connectivity index (χ4v) is 4.49. The number of aryl methyl sites for hydroxylation is 1. The predicted molar refractivity (Wildman–Crippen MR) is 126 cm³/mol. The van der Waals surface area contributed by atoms with Crippen molar-refractivity contribution in [3.63, 3.8) is 0 Å². The molecule has 0 aliphatic carbocycles. The second-order valence-corrected chi connectivity index (χ2v) is 8.54. The van der Waals surface area contributed by atoms with Crippen molar-refractivity contribution in [3.05, 3.63) is 69.1 Å². The molecule has 0 unspecified atom stereocenters. The number of halogens is 3. The van der Waals surface area contributed by atoms with Crippen LogP contribution >= 0.6 is 24.0 Å². The normalized spacial score (nSPS) is 15.1. The molecule has 4 heterocycles. The third-order valence-corrected chi connectivity index (χ3v) is 6.44. The Morgan fingerprint density at radius 1 is 1.12 bits per heavy atom. The monoisotopic (exact) mass is 480 g/mol. The predicted octanol–water partition coefficient (Wildman–Crippen LogP) is 3.84. The van der Waals surface area contributed by atoms with Crippen molar-refractivity contribution in [1.82, 2.24) is 19.4 Å². The molecule has 9 heteroatoms. The molecule has 1 aliphatic heterocycles. The number of hydrogen-bond donors (Lipinski definition) is 1. The minimum absolute atomic E-state index is 0.